The molecule has 2 aromatic carbocycles. The van der Waals surface area contributed by atoms with Crippen LogP contribution < -0.4 is 0 Å². The molecule has 0 amide bonds. The van der Waals surface area contributed by atoms with Gasteiger partial charge < -0.3 is 4.57 Å². The van der Waals surface area contributed by atoms with E-state index in [9.17, 15) is 0 Å². The van der Waals surface area contributed by atoms with Gasteiger partial charge in [-0.25, -0.2) is 0 Å². The molecule has 0 aliphatic heterocycles. The van der Waals surface area contributed by atoms with Gasteiger partial charge in [0.05, 0.1) is 22.9 Å². The number of benzene rings is 2. The number of pyridine rings is 1. The topological polar surface area (TPSA) is 17.8 Å². The van der Waals surface area contributed by atoms with Crippen LogP contribution >= 0.6 is 31.9 Å². The second kappa shape index (κ2) is 4.97. The third-order valence-corrected chi connectivity index (χ3v) is 4.76. The number of hydrogen-bond donors (Lipinski definition) is 0. The minimum absolute atomic E-state index is 1.06. The zero-order chi connectivity index (χ0) is 14.4. The van der Waals surface area contributed by atoms with Gasteiger partial charge in [0.15, 0.2) is 0 Å². The Kier molecular flexibility index (Phi) is 3.08. The molecule has 0 atom stereocenters. The molecule has 0 spiro atoms. The van der Waals surface area contributed by atoms with Crippen LogP contribution in [0.1, 0.15) is 0 Å². The van der Waals surface area contributed by atoms with Crippen molar-refractivity contribution < 1.29 is 0 Å². The zero-order valence-electron chi connectivity index (χ0n) is 10.9. The second-order valence-corrected chi connectivity index (χ2v) is 6.61. The van der Waals surface area contributed by atoms with Gasteiger partial charge in [-0.2, -0.15) is 0 Å². The number of aromatic nitrogens is 2. The number of halogens is 2. The fraction of sp³-hybridized carbons (Fsp3) is 0. The molecule has 0 saturated carbocycles. The maximum atomic E-state index is 4.25. The fourth-order valence-electron chi connectivity index (χ4n) is 2.76. The van der Waals surface area contributed by atoms with Gasteiger partial charge in [0, 0.05) is 25.9 Å². The van der Waals surface area contributed by atoms with Crippen LogP contribution in [-0.2, 0) is 0 Å². The van der Waals surface area contributed by atoms with Crippen molar-refractivity contribution in [3.05, 3.63) is 69.9 Å². The molecule has 2 aromatic heterocycles. The molecule has 4 rings (SSSR count). The molecule has 0 radical (unpaired) electrons. The summed E-state index contributed by atoms with van der Waals surface area (Å²) in [6.07, 6.45) is 3.68. The molecule has 2 nitrogen and oxygen atoms in total. The Bertz CT molecular complexity index is 959. The van der Waals surface area contributed by atoms with Crippen molar-refractivity contribution in [3.63, 3.8) is 0 Å². The standard InChI is InChI=1S/C17H10Br2N2/c18-11-6-7-13-16(9-11)21(12-3-2-8-20-10-12)15-5-1-4-14(19)17(13)15/h1-10H. The van der Waals surface area contributed by atoms with Crippen molar-refractivity contribution in [2.45, 2.75) is 0 Å². The van der Waals surface area contributed by atoms with Crippen molar-refractivity contribution >= 4 is 53.7 Å². The zero-order valence-corrected chi connectivity index (χ0v) is 14.1. The molecule has 0 aliphatic rings. The van der Waals surface area contributed by atoms with Crippen LogP contribution in [0.3, 0.4) is 0 Å². The van der Waals surface area contributed by atoms with Crippen LogP contribution in [0.5, 0.6) is 0 Å². The van der Waals surface area contributed by atoms with Crippen LogP contribution in [-0.4, -0.2) is 9.55 Å². The van der Waals surface area contributed by atoms with Crippen LogP contribution in [0, 0.1) is 0 Å². The molecule has 0 bridgehead atoms. The van der Waals surface area contributed by atoms with Crippen LogP contribution in [0.15, 0.2) is 69.9 Å². The molecule has 4 aromatic rings. The molecule has 0 N–H and O–H groups in total. The van der Waals surface area contributed by atoms with Crippen molar-refractivity contribution in [2.75, 3.05) is 0 Å². The Labute approximate surface area is 138 Å². The molecule has 102 valence electrons. The Balaban J connectivity index is 2.26. The second-order valence-electron chi connectivity index (χ2n) is 4.84. The van der Waals surface area contributed by atoms with E-state index in [1.807, 2.05) is 12.3 Å². The maximum Gasteiger partial charge on any atom is 0.0645 e. The lowest BCUT2D eigenvalue weighted by molar-refractivity contribution is 1.14. The molecule has 0 saturated heterocycles. The van der Waals surface area contributed by atoms with Crippen LogP contribution in [0.25, 0.3) is 27.5 Å². The lowest BCUT2D eigenvalue weighted by atomic mass is 10.2. The first-order valence-corrected chi connectivity index (χ1v) is 8.13. The maximum absolute atomic E-state index is 4.25. The molecule has 21 heavy (non-hydrogen) atoms. The van der Waals surface area contributed by atoms with E-state index in [4.69, 9.17) is 0 Å². The predicted octanol–water partition coefficient (Wildman–Crippen LogP) is 5.70. The van der Waals surface area contributed by atoms with Gasteiger partial charge >= 0.3 is 0 Å². The third kappa shape index (κ3) is 2.01. The van der Waals surface area contributed by atoms with Crippen LogP contribution in [0.2, 0.25) is 0 Å². The Morgan fingerprint density at radius 1 is 0.905 bits per heavy atom. The number of fused-ring (bicyclic) bond motifs is 3. The van der Waals surface area contributed by atoms with Crippen molar-refractivity contribution in [1.29, 1.82) is 0 Å². The summed E-state index contributed by atoms with van der Waals surface area (Å²) in [5, 5.41) is 2.45. The largest absolute Gasteiger partial charge is 0.308 e. The summed E-state index contributed by atoms with van der Waals surface area (Å²) >= 11 is 7.26. The highest BCUT2D eigenvalue weighted by Crippen LogP contribution is 2.37. The van der Waals surface area contributed by atoms with Crippen molar-refractivity contribution in [3.8, 4) is 5.69 Å². The van der Waals surface area contributed by atoms with Gasteiger partial charge in [-0.15, -0.1) is 0 Å². The van der Waals surface area contributed by atoms with E-state index >= 15 is 0 Å². The Morgan fingerprint density at radius 3 is 2.62 bits per heavy atom. The van der Waals surface area contributed by atoms with Gasteiger partial charge in [-0.3, -0.25) is 4.98 Å². The van der Waals surface area contributed by atoms with E-state index in [-0.39, 0.29) is 0 Å². The molecular weight excluding hydrogens is 392 g/mol. The Morgan fingerprint density at radius 2 is 1.81 bits per heavy atom. The average Bonchev–Trinajstić information content (AvgIpc) is 2.82. The van der Waals surface area contributed by atoms with Gasteiger partial charge in [0.2, 0.25) is 0 Å². The lowest BCUT2D eigenvalue weighted by Crippen LogP contribution is -1.93. The van der Waals surface area contributed by atoms with E-state index in [0.717, 1.165) is 14.6 Å². The normalized spacial score (nSPS) is 11.3. The highest BCUT2D eigenvalue weighted by atomic mass is 79.9. The molecule has 4 heteroatoms. The van der Waals surface area contributed by atoms with Crippen LogP contribution in [0.4, 0.5) is 0 Å². The minimum atomic E-state index is 1.06. The van der Waals surface area contributed by atoms with E-state index in [2.05, 4.69) is 83.9 Å². The minimum Gasteiger partial charge on any atom is -0.308 e. The van der Waals surface area contributed by atoms with Crippen molar-refractivity contribution in [1.82, 2.24) is 9.55 Å². The first-order valence-electron chi connectivity index (χ1n) is 6.54. The molecule has 0 unspecified atom stereocenters. The summed E-state index contributed by atoms with van der Waals surface area (Å²) in [4.78, 5) is 4.25. The lowest BCUT2D eigenvalue weighted by Gasteiger charge is -2.07. The van der Waals surface area contributed by atoms with Gasteiger partial charge in [0.25, 0.3) is 0 Å². The molecule has 2 heterocycles. The first kappa shape index (κ1) is 13.0. The SMILES string of the molecule is Brc1ccc2c3c(Br)cccc3n(-c3cccnc3)c2c1. The van der Waals surface area contributed by atoms with Crippen molar-refractivity contribution in [2.24, 2.45) is 0 Å². The fourth-order valence-corrected chi connectivity index (χ4v) is 3.68. The quantitative estimate of drug-likeness (QED) is 0.399. The predicted molar refractivity (Wildman–Crippen MR) is 94.0 cm³/mol. The monoisotopic (exact) mass is 400 g/mol. The highest BCUT2D eigenvalue weighted by molar-refractivity contribution is 9.11. The first-order chi connectivity index (χ1) is 10.3. The van der Waals surface area contributed by atoms with E-state index in [0.29, 0.717) is 0 Å². The third-order valence-electron chi connectivity index (χ3n) is 3.61. The van der Waals surface area contributed by atoms with E-state index in [1.165, 1.54) is 21.8 Å². The average molecular weight is 402 g/mol. The summed E-state index contributed by atoms with van der Waals surface area (Å²) in [5.41, 5.74) is 3.40. The highest BCUT2D eigenvalue weighted by Gasteiger charge is 2.14. The van der Waals surface area contributed by atoms with E-state index in [1.54, 1.807) is 6.20 Å². The summed E-state index contributed by atoms with van der Waals surface area (Å²) in [7, 11) is 0. The van der Waals surface area contributed by atoms with Gasteiger partial charge in [-0.1, -0.05) is 44.0 Å². The summed E-state index contributed by atoms with van der Waals surface area (Å²) in [6, 6.07) is 16.7. The van der Waals surface area contributed by atoms with E-state index < -0.39 is 0 Å². The number of rotatable bonds is 1. The summed E-state index contributed by atoms with van der Waals surface area (Å²) < 4.78 is 4.42. The number of hydrogen-bond acceptors (Lipinski definition) is 1. The number of nitrogens with zero attached hydrogens (tertiary/aromatic N) is 2. The Hall–Kier alpha value is -1.65. The molecular formula is C17H10Br2N2. The van der Waals surface area contributed by atoms with Gasteiger partial charge in [0.1, 0.15) is 0 Å². The molecule has 0 aliphatic carbocycles. The smallest absolute Gasteiger partial charge is 0.0645 e. The summed E-state index contributed by atoms with van der Waals surface area (Å²) in [5.74, 6) is 0. The summed E-state index contributed by atoms with van der Waals surface area (Å²) in [6.45, 7) is 0. The molecule has 0 fully saturated rings. The van der Waals surface area contributed by atoms with Gasteiger partial charge in [-0.05, 0) is 36.4 Å².